The Balaban J connectivity index is 2.12. The van der Waals surface area contributed by atoms with Crippen molar-refractivity contribution in [1.29, 1.82) is 0 Å². The van der Waals surface area contributed by atoms with Crippen LogP contribution in [-0.2, 0) is 9.47 Å². The maximum absolute atomic E-state index is 4.93. The number of hydrogen-bond acceptors (Lipinski definition) is 2. The van der Waals surface area contributed by atoms with Crippen molar-refractivity contribution >= 4 is 0 Å². The number of ether oxygens (including phenoxy) is 2. The standard InChI is InChI=1S/C5H9O2/c1-5-2-3-6-4-7-5/h4-5H,2-3H2,1H3. The van der Waals surface area contributed by atoms with Gasteiger partial charge in [0.15, 0.2) is 0 Å². The molecule has 1 unspecified atom stereocenters. The van der Waals surface area contributed by atoms with E-state index in [0.717, 1.165) is 13.0 Å². The van der Waals surface area contributed by atoms with E-state index < -0.39 is 0 Å². The molecule has 0 aliphatic carbocycles. The van der Waals surface area contributed by atoms with Crippen LogP contribution in [0.2, 0.25) is 0 Å². The second kappa shape index (κ2) is 2.28. The van der Waals surface area contributed by atoms with Gasteiger partial charge in [-0.3, -0.25) is 0 Å². The highest BCUT2D eigenvalue weighted by Crippen LogP contribution is 2.06. The van der Waals surface area contributed by atoms with Crippen molar-refractivity contribution in [1.82, 2.24) is 0 Å². The molecule has 0 aromatic rings. The summed E-state index contributed by atoms with van der Waals surface area (Å²) in [7, 11) is 0. The van der Waals surface area contributed by atoms with Crippen molar-refractivity contribution in [2.24, 2.45) is 0 Å². The van der Waals surface area contributed by atoms with Crippen LogP contribution in [0.4, 0.5) is 0 Å². The summed E-state index contributed by atoms with van der Waals surface area (Å²) in [4.78, 5) is 0. The van der Waals surface area contributed by atoms with Gasteiger partial charge in [0.2, 0.25) is 6.79 Å². The van der Waals surface area contributed by atoms with Gasteiger partial charge in [-0.25, -0.2) is 0 Å². The molecule has 0 saturated carbocycles. The lowest BCUT2D eigenvalue weighted by Gasteiger charge is -2.16. The van der Waals surface area contributed by atoms with Crippen molar-refractivity contribution in [3.8, 4) is 0 Å². The minimum atomic E-state index is 0.355. The molecule has 0 aromatic carbocycles. The molecule has 7 heavy (non-hydrogen) atoms. The highest BCUT2D eigenvalue weighted by Gasteiger charge is 2.06. The number of rotatable bonds is 0. The van der Waals surface area contributed by atoms with Crippen LogP contribution in [0.25, 0.3) is 0 Å². The molecule has 1 heterocycles. The maximum Gasteiger partial charge on any atom is 0.209 e. The van der Waals surface area contributed by atoms with E-state index in [2.05, 4.69) is 0 Å². The molecule has 41 valence electrons. The van der Waals surface area contributed by atoms with Gasteiger partial charge in [0.05, 0.1) is 12.7 Å². The number of hydrogen-bond donors (Lipinski definition) is 0. The monoisotopic (exact) mass is 101 g/mol. The molecule has 0 bridgehead atoms. The third-order valence-corrected chi connectivity index (χ3v) is 0.998. The molecule has 1 aliphatic rings. The zero-order valence-electron chi connectivity index (χ0n) is 4.39. The summed E-state index contributed by atoms with van der Waals surface area (Å²) < 4.78 is 9.72. The fraction of sp³-hybridized carbons (Fsp3) is 0.800. The third kappa shape index (κ3) is 1.45. The molecule has 2 heteroatoms. The molecule has 1 rings (SSSR count). The molecule has 1 saturated heterocycles. The molecular formula is C5H9O2. The molecule has 0 N–H and O–H groups in total. The van der Waals surface area contributed by atoms with Crippen molar-refractivity contribution < 1.29 is 9.47 Å². The Kier molecular flexibility index (Phi) is 1.65. The van der Waals surface area contributed by atoms with Crippen LogP contribution in [0.5, 0.6) is 0 Å². The van der Waals surface area contributed by atoms with Crippen LogP contribution in [0.1, 0.15) is 13.3 Å². The first-order chi connectivity index (χ1) is 3.39. The van der Waals surface area contributed by atoms with E-state index in [0.29, 0.717) is 6.10 Å². The van der Waals surface area contributed by atoms with Crippen LogP contribution in [-0.4, -0.2) is 12.7 Å². The Morgan fingerprint density at radius 3 is 2.86 bits per heavy atom. The van der Waals surface area contributed by atoms with Gasteiger partial charge in [0.1, 0.15) is 0 Å². The van der Waals surface area contributed by atoms with Gasteiger partial charge in [-0.2, -0.15) is 0 Å². The molecule has 0 spiro atoms. The van der Waals surface area contributed by atoms with Gasteiger partial charge in [-0.05, 0) is 13.3 Å². The summed E-state index contributed by atoms with van der Waals surface area (Å²) in [5.74, 6) is 0. The lowest BCUT2D eigenvalue weighted by molar-refractivity contribution is -0.0684. The van der Waals surface area contributed by atoms with Crippen LogP contribution in [0.15, 0.2) is 0 Å². The van der Waals surface area contributed by atoms with E-state index in [-0.39, 0.29) is 0 Å². The Morgan fingerprint density at radius 1 is 1.71 bits per heavy atom. The van der Waals surface area contributed by atoms with Crippen LogP contribution >= 0.6 is 0 Å². The Bertz CT molecular complexity index is 48.0. The van der Waals surface area contributed by atoms with E-state index in [4.69, 9.17) is 9.47 Å². The molecular weight excluding hydrogens is 92.1 g/mol. The zero-order valence-corrected chi connectivity index (χ0v) is 4.39. The van der Waals surface area contributed by atoms with Gasteiger partial charge in [-0.15, -0.1) is 0 Å². The first kappa shape index (κ1) is 5.06. The van der Waals surface area contributed by atoms with E-state index in [9.17, 15) is 0 Å². The molecule has 1 fully saturated rings. The van der Waals surface area contributed by atoms with Crippen LogP contribution in [0, 0.1) is 6.79 Å². The minimum absolute atomic E-state index is 0.355. The predicted octanol–water partition coefficient (Wildman–Crippen LogP) is 0.931. The van der Waals surface area contributed by atoms with Crippen molar-refractivity contribution in [3.05, 3.63) is 6.79 Å². The Morgan fingerprint density at radius 2 is 2.57 bits per heavy atom. The van der Waals surface area contributed by atoms with Gasteiger partial charge in [-0.1, -0.05) is 0 Å². The molecule has 0 amide bonds. The summed E-state index contributed by atoms with van der Waals surface area (Å²) in [6.07, 6.45) is 1.37. The van der Waals surface area contributed by atoms with Crippen molar-refractivity contribution in [2.75, 3.05) is 6.61 Å². The van der Waals surface area contributed by atoms with E-state index in [1.807, 2.05) is 6.92 Å². The molecule has 2 nitrogen and oxygen atoms in total. The van der Waals surface area contributed by atoms with Gasteiger partial charge >= 0.3 is 0 Å². The highest BCUT2D eigenvalue weighted by atomic mass is 16.7. The van der Waals surface area contributed by atoms with Crippen molar-refractivity contribution in [3.63, 3.8) is 0 Å². The smallest absolute Gasteiger partial charge is 0.209 e. The molecule has 1 radical (unpaired) electrons. The van der Waals surface area contributed by atoms with Gasteiger partial charge in [0.25, 0.3) is 0 Å². The lowest BCUT2D eigenvalue weighted by Crippen LogP contribution is -2.16. The quantitative estimate of drug-likeness (QED) is 0.452. The van der Waals surface area contributed by atoms with E-state index >= 15 is 0 Å². The van der Waals surface area contributed by atoms with Gasteiger partial charge < -0.3 is 9.47 Å². The fourth-order valence-electron chi connectivity index (χ4n) is 0.484. The second-order valence-corrected chi connectivity index (χ2v) is 1.70. The lowest BCUT2D eigenvalue weighted by atomic mass is 10.3. The Labute approximate surface area is 43.4 Å². The third-order valence-electron chi connectivity index (χ3n) is 0.998. The average Bonchev–Trinajstić information content (AvgIpc) is 1.69. The maximum atomic E-state index is 4.93. The second-order valence-electron chi connectivity index (χ2n) is 1.70. The predicted molar refractivity (Wildman–Crippen MR) is 25.4 cm³/mol. The highest BCUT2D eigenvalue weighted by molar-refractivity contribution is 4.54. The first-order valence-electron chi connectivity index (χ1n) is 2.48. The first-order valence-corrected chi connectivity index (χ1v) is 2.48. The molecule has 1 atom stereocenters. The Hall–Kier alpha value is -0.0800. The summed E-state index contributed by atoms with van der Waals surface area (Å²) in [5, 5.41) is 0. The summed E-state index contributed by atoms with van der Waals surface area (Å²) in [6, 6.07) is 0. The zero-order chi connectivity index (χ0) is 5.11. The average molecular weight is 101 g/mol. The largest absolute Gasteiger partial charge is 0.348 e. The van der Waals surface area contributed by atoms with E-state index in [1.165, 1.54) is 6.79 Å². The van der Waals surface area contributed by atoms with Crippen molar-refractivity contribution in [2.45, 2.75) is 19.4 Å². The normalized spacial score (nSPS) is 33.0. The minimum Gasteiger partial charge on any atom is -0.348 e. The van der Waals surface area contributed by atoms with Crippen LogP contribution < -0.4 is 0 Å². The summed E-state index contributed by atoms with van der Waals surface area (Å²) in [6.45, 7) is 4.24. The molecule has 1 aliphatic heterocycles. The summed E-state index contributed by atoms with van der Waals surface area (Å²) >= 11 is 0. The fourth-order valence-corrected chi connectivity index (χ4v) is 0.484. The van der Waals surface area contributed by atoms with Crippen LogP contribution in [0.3, 0.4) is 0 Å². The SMILES string of the molecule is CC1CCO[CH]O1. The molecule has 0 aromatic heterocycles. The summed E-state index contributed by atoms with van der Waals surface area (Å²) in [5.41, 5.74) is 0. The van der Waals surface area contributed by atoms with Gasteiger partial charge in [0, 0.05) is 0 Å². The topological polar surface area (TPSA) is 18.5 Å². The van der Waals surface area contributed by atoms with E-state index in [1.54, 1.807) is 0 Å².